The molecule has 1 amide bonds. The van der Waals surface area contributed by atoms with Crippen molar-refractivity contribution in [2.45, 2.75) is 46.2 Å². The summed E-state index contributed by atoms with van der Waals surface area (Å²) in [6.45, 7) is 7.48. The summed E-state index contributed by atoms with van der Waals surface area (Å²) in [7, 11) is 1.63. The third kappa shape index (κ3) is 5.83. The Kier molecular flexibility index (Phi) is 7.70. The summed E-state index contributed by atoms with van der Waals surface area (Å²) >= 11 is 0. The number of benzene rings is 3. The Morgan fingerprint density at radius 2 is 1.71 bits per heavy atom. The number of para-hydroxylation sites is 3. The number of rotatable bonds is 10. The molecule has 1 heterocycles. The Bertz CT molecular complexity index is 1270. The lowest BCUT2D eigenvalue weighted by atomic mass is 10.1. The third-order valence-electron chi connectivity index (χ3n) is 6.15. The minimum absolute atomic E-state index is 0.0420. The number of nitrogens with one attached hydrogen (secondary N) is 1. The molecule has 1 N–H and O–H groups in total. The number of methoxy groups -OCH3 is 1. The molecule has 0 saturated heterocycles. The van der Waals surface area contributed by atoms with Crippen molar-refractivity contribution >= 4 is 16.9 Å². The van der Waals surface area contributed by atoms with Gasteiger partial charge in [-0.25, -0.2) is 4.98 Å². The molecule has 3 aromatic carbocycles. The molecular weight excluding hydrogens is 438 g/mol. The van der Waals surface area contributed by atoms with E-state index in [1.165, 1.54) is 0 Å². The lowest BCUT2D eigenvalue weighted by Crippen LogP contribution is -2.30. The van der Waals surface area contributed by atoms with E-state index in [1.54, 1.807) is 7.11 Å². The first-order valence-corrected chi connectivity index (χ1v) is 12.0. The zero-order valence-electron chi connectivity index (χ0n) is 20.9. The normalized spacial score (nSPS) is 11.9. The van der Waals surface area contributed by atoms with Gasteiger partial charge < -0.3 is 19.4 Å². The molecule has 0 spiro atoms. The van der Waals surface area contributed by atoms with Crippen LogP contribution < -0.4 is 14.8 Å². The van der Waals surface area contributed by atoms with E-state index in [4.69, 9.17) is 14.5 Å². The molecule has 0 aliphatic heterocycles. The monoisotopic (exact) mass is 471 g/mol. The van der Waals surface area contributed by atoms with Crippen LogP contribution in [-0.4, -0.2) is 29.2 Å². The summed E-state index contributed by atoms with van der Waals surface area (Å²) < 4.78 is 13.5. The van der Waals surface area contributed by atoms with Crippen molar-refractivity contribution in [3.63, 3.8) is 0 Å². The number of nitrogens with zero attached hydrogens (tertiary/aromatic N) is 2. The van der Waals surface area contributed by atoms with Gasteiger partial charge in [0, 0.05) is 6.54 Å². The predicted molar refractivity (Wildman–Crippen MR) is 139 cm³/mol. The first-order chi connectivity index (χ1) is 17.0. The number of ether oxygens (including phenoxy) is 2. The minimum atomic E-state index is -0.229. The molecule has 6 nitrogen and oxygen atoms in total. The molecule has 1 unspecified atom stereocenters. The van der Waals surface area contributed by atoms with Gasteiger partial charge in [-0.3, -0.25) is 4.79 Å². The minimum Gasteiger partial charge on any atom is -0.497 e. The van der Waals surface area contributed by atoms with Gasteiger partial charge in [-0.05, 0) is 68.1 Å². The lowest BCUT2D eigenvalue weighted by molar-refractivity contribution is -0.121. The second-order valence-electron chi connectivity index (χ2n) is 8.85. The molecule has 0 saturated carbocycles. The summed E-state index contributed by atoms with van der Waals surface area (Å²) in [6.07, 6.45) is 1.13. The van der Waals surface area contributed by atoms with Crippen LogP contribution in [0.3, 0.4) is 0 Å². The van der Waals surface area contributed by atoms with Crippen molar-refractivity contribution in [3.05, 3.63) is 89.2 Å². The number of amides is 1. The Morgan fingerprint density at radius 3 is 2.43 bits per heavy atom. The van der Waals surface area contributed by atoms with Crippen LogP contribution in [0.4, 0.5) is 0 Å². The maximum absolute atomic E-state index is 12.8. The van der Waals surface area contributed by atoms with Crippen LogP contribution in [0.5, 0.6) is 11.5 Å². The van der Waals surface area contributed by atoms with Crippen molar-refractivity contribution in [3.8, 4) is 11.5 Å². The third-order valence-corrected chi connectivity index (χ3v) is 6.15. The maximum atomic E-state index is 12.8. The summed E-state index contributed by atoms with van der Waals surface area (Å²) in [5, 5.41) is 3.12. The predicted octanol–water partition coefficient (Wildman–Crippen LogP) is 5.55. The van der Waals surface area contributed by atoms with Crippen LogP contribution in [-0.2, 0) is 17.8 Å². The molecule has 1 atom stereocenters. The Balaban J connectivity index is 1.43. The van der Waals surface area contributed by atoms with Crippen molar-refractivity contribution in [1.29, 1.82) is 0 Å². The molecule has 0 aliphatic carbocycles. The average Bonchev–Trinajstić information content (AvgIpc) is 3.22. The van der Waals surface area contributed by atoms with Gasteiger partial charge in [-0.15, -0.1) is 0 Å². The Hall–Kier alpha value is -3.80. The van der Waals surface area contributed by atoms with Crippen LogP contribution in [0.25, 0.3) is 11.0 Å². The van der Waals surface area contributed by atoms with E-state index in [-0.39, 0.29) is 11.9 Å². The smallest absolute Gasteiger partial charge is 0.224 e. The fourth-order valence-corrected chi connectivity index (χ4v) is 4.37. The summed E-state index contributed by atoms with van der Waals surface area (Å²) in [5.41, 5.74) is 5.21. The summed E-state index contributed by atoms with van der Waals surface area (Å²) in [5.74, 6) is 2.54. The molecule has 35 heavy (non-hydrogen) atoms. The zero-order chi connectivity index (χ0) is 24.8. The summed E-state index contributed by atoms with van der Waals surface area (Å²) in [6, 6.07) is 21.6. The van der Waals surface area contributed by atoms with Crippen LogP contribution >= 0.6 is 0 Å². The van der Waals surface area contributed by atoms with Crippen LogP contribution in [0, 0.1) is 13.8 Å². The number of carbonyl (C=O) groups is 1. The number of aromatic nitrogens is 2. The number of carbonyl (C=O) groups excluding carboxylic acids is 1. The van der Waals surface area contributed by atoms with Crippen LogP contribution in [0.2, 0.25) is 0 Å². The fraction of sp³-hybridized carbons (Fsp3) is 0.310. The van der Waals surface area contributed by atoms with Gasteiger partial charge in [0.2, 0.25) is 5.91 Å². The van der Waals surface area contributed by atoms with Gasteiger partial charge in [0.05, 0.1) is 37.2 Å². The highest BCUT2D eigenvalue weighted by Crippen LogP contribution is 2.24. The van der Waals surface area contributed by atoms with Gasteiger partial charge in [-0.2, -0.15) is 0 Å². The first kappa shape index (κ1) is 24.3. The highest BCUT2D eigenvalue weighted by molar-refractivity contribution is 5.79. The van der Waals surface area contributed by atoms with Gasteiger partial charge in [0.15, 0.2) is 0 Å². The van der Waals surface area contributed by atoms with Crippen LogP contribution in [0.15, 0.2) is 66.7 Å². The molecule has 4 aromatic rings. The van der Waals surface area contributed by atoms with Crippen molar-refractivity contribution in [2.24, 2.45) is 0 Å². The molecule has 6 heteroatoms. The van der Waals surface area contributed by atoms with Gasteiger partial charge in [0.1, 0.15) is 17.3 Å². The van der Waals surface area contributed by atoms with E-state index < -0.39 is 0 Å². The topological polar surface area (TPSA) is 65.4 Å². The van der Waals surface area contributed by atoms with Crippen LogP contribution in [0.1, 0.15) is 41.9 Å². The number of hydrogen-bond donors (Lipinski definition) is 1. The van der Waals surface area contributed by atoms with E-state index in [0.717, 1.165) is 58.0 Å². The van der Waals surface area contributed by atoms with Crippen molar-refractivity contribution < 1.29 is 14.3 Å². The van der Waals surface area contributed by atoms with E-state index in [1.807, 2.05) is 55.5 Å². The molecule has 1 aromatic heterocycles. The number of fused-ring (bicyclic) bond motifs is 1. The number of imidazole rings is 1. The van der Waals surface area contributed by atoms with Gasteiger partial charge in [0.25, 0.3) is 0 Å². The van der Waals surface area contributed by atoms with Crippen molar-refractivity contribution in [2.75, 3.05) is 13.7 Å². The van der Waals surface area contributed by atoms with E-state index >= 15 is 0 Å². The fourth-order valence-electron chi connectivity index (χ4n) is 4.37. The van der Waals surface area contributed by atoms with E-state index in [0.29, 0.717) is 13.0 Å². The molecule has 182 valence electrons. The highest BCUT2D eigenvalue weighted by Gasteiger charge is 2.18. The Morgan fingerprint density at radius 1 is 1.00 bits per heavy atom. The highest BCUT2D eigenvalue weighted by atomic mass is 16.5. The Labute approximate surface area is 206 Å². The van der Waals surface area contributed by atoms with E-state index in [9.17, 15) is 4.79 Å². The number of aryl methyl sites for hydroxylation is 3. The second-order valence-corrected chi connectivity index (χ2v) is 8.85. The quantitative estimate of drug-likeness (QED) is 0.308. The molecule has 4 rings (SSSR count). The molecular formula is C29H33N3O3. The van der Waals surface area contributed by atoms with Gasteiger partial charge >= 0.3 is 0 Å². The SMILES string of the molecule is COc1ccc(CC(=O)NC(C)c2nc3ccccc3n2CCCOc2c(C)cccc2C)cc1. The summed E-state index contributed by atoms with van der Waals surface area (Å²) in [4.78, 5) is 17.6. The molecule has 0 radical (unpaired) electrons. The second kappa shape index (κ2) is 11.1. The molecule has 0 aliphatic rings. The molecule has 0 bridgehead atoms. The number of hydrogen-bond acceptors (Lipinski definition) is 4. The largest absolute Gasteiger partial charge is 0.497 e. The standard InChI is InChI=1S/C29H33N3O3/c1-20-9-7-10-21(2)28(20)35-18-8-17-32-26-12-6-5-11-25(26)31-29(32)22(3)30-27(33)19-23-13-15-24(34-4)16-14-23/h5-7,9-16,22H,8,17-19H2,1-4H3,(H,30,33). The lowest BCUT2D eigenvalue weighted by Gasteiger charge is -2.17. The van der Waals surface area contributed by atoms with Gasteiger partial charge in [-0.1, -0.05) is 42.5 Å². The van der Waals surface area contributed by atoms with Crippen molar-refractivity contribution in [1.82, 2.24) is 14.9 Å². The average molecular weight is 472 g/mol. The maximum Gasteiger partial charge on any atom is 0.224 e. The van der Waals surface area contributed by atoms with E-state index in [2.05, 4.69) is 41.9 Å². The molecule has 0 fully saturated rings. The zero-order valence-corrected chi connectivity index (χ0v) is 20.9. The first-order valence-electron chi connectivity index (χ1n) is 12.0.